The first kappa shape index (κ1) is 26.4. The van der Waals surface area contributed by atoms with Crippen molar-refractivity contribution in [1.29, 1.82) is 0 Å². The number of nitrogens with zero attached hydrogens (tertiary/aromatic N) is 1. The molecule has 0 aromatic carbocycles. The number of hydrogen-bond donors (Lipinski definition) is 1. The Morgan fingerprint density at radius 2 is 1.11 bits per heavy atom. The highest BCUT2D eigenvalue weighted by Crippen LogP contribution is 2.13. The van der Waals surface area contributed by atoms with Crippen molar-refractivity contribution in [3.05, 3.63) is 0 Å². The van der Waals surface area contributed by atoms with Crippen LogP contribution in [0.1, 0.15) is 123 Å². The number of nitrogens with one attached hydrogen (secondary N) is 1. The van der Waals surface area contributed by atoms with Crippen LogP contribution in [-0.2, 0) is 4.79 Å². The smallest absolute Gasteiger partial charge is 0.219 e. The van der Waals surface area contributed by atoms with Crippen LogP contribution in [0.5, 0.6) is 0 Å². The molecule has 3 heteroatoms. The first-order chi connectivity index (χ1) is 13.2. The molecule has 0 bridgehead atoms. The third-order valence-electron chi connectivity index (χ3n) is 5.59. The number of carbonyl (C=O) groups is 1. The van der Waals surface area contributed by atoms with Crippen molar-refractivity contribution in [2.24, 2.45) is 0 Å². The van der Waals surface area contributed by atoms with Crippen molar-refractivity contribution in [2.45, 2.75) is 123 Å². The summed E-state index contributed by atoms with van der Waals surface area (Å²) in [6, 6.07) is 0. The molecule has 0 atom stereocenters. The Morgan fingerprint density at radius 1 is 0.667 bits per heavy atom. The van der Waals surface area contributed by atoms with Crippen LogP contribution in [0.2, 0.25) is 0 Å². The molecule has 0 saturated heterocycles. The quantitative estimate of drug-likeness (QED) is 0.224. The van der Waals surface area contributed by atoms with Gasteiger partial charge >= 0.3 is 0 Å². The summed E-state index contributed by atoms with van der Waals surface area (Å²) in [5, 5.41) is 3.05. The van der Waals surface area contributed by atoms with E-state index in [-0.39, 0.29) is 5.91 Å². The molecule has 27 heavy (non-hydrogen) atoms. The minimum absolute atomic E-state index is 0.240. The van der Waals surface area contributed by atoms with Crippen LogP contribution in [0.15, 0.2) is 0 Å². The zero-order valence-electron chi connectivity index (χ0n) is 19.0. The molecule has 0 unspecified atom stereocenters. The van der Waals surface area contributed by atoms with Gasteiger partial charge in [0.25, 0.3) is 0 Å². The molecule has 0 aliphatic carbocycles. The highest BCUT2D eigenvalue weighted by Gasteiger charge is 2.01. The number of hydrogen-bond acceptors (Lipinski definition) is 2. The van der Waals surface area contributed by atoms with E-state index in [2.05, 4.69) is 31.1 Å². The summed E-state index contributed by atoms with van der Waals surface area (Å²) in [5.74, 6) is 0.240. The van der Waals surface area contributed by atoms with E-state index in [1.54, 1.807) is 0 Å². The second-order valence-corrected chi connectivity index (χ2v) is 8.30. The normalized spacial score (nSPS) is 11.3. The van der Waals surface area contributed by atoms with Gasteiger partial charge in [0.15, 0.2) is 0 Å². The van der Waals surface area contributed by atoms with E-state index in [4.69, 9.17) is 0 Å². The molecule has 0 aliphatic rings. The number of carbonyl (C=O) groups excluding carboxylic acids is 1. The van der Waals surface area contributed by atoms with Gasteiger partial charge in [-0.2, -0.15) is 0 Å². The minimum Gasteiger partial charge on any atom is -0.356 e. The Morgan fingerprint density at radius 3 is 1.56 bits per heavy atom. The summed E-state index contributed by atoms with van der Waals surface area (Å²) in [4.78, 5) is 14.0. The molecular formula is C24H50N2O. The Kier molecular flexibility index (Phi) is 21.3. The summed E-state index contributed by atoms with van der Waals surface area (Å²) >= 11 is 0. The second-order valence-electron chi connectivity index (χ2n) is 8.30. The van der Waals surface area contributed by atoms with Crippen LogP contribution in [0.25, 0.3) is 0 Å². The first-order valence-corrected chi connectivity index (χ1v) is 12.2. The van der Waals surface area contributed by atoms with Crippen LogP contribution in [-0.4, -0.2) is 37.5 Å². The molecule has 0 aliphatic heterocycles. The average Bonchev–Trinajstić information content (AvgIpc) is 2.68. The van der Waals surface area contributed by atoms with Gasteiger partial charge in [-0.05, 0) is 33.0 Å². The van der Waals surface area contributed by atoms with Gasteiger partial charge in [0.2, 0.25) is 5.91 Å². The molecule has 1 N–H and O–H groups in total. The van der Waals surface area contributed by atoms with Crippen LogP contribution in [0.3, 0.4) is 0 Å². The van der Waals surface area contributed by atoms with Crippen LogP contribution < -0.4 is 5.32 Å². The van der Waals surface area contributed by atoms with E-state index in [0.29, 0.717) is 6.42 Å². The Balaban J connectivity index is 3.14. The maximum absolute atomic E-state index is 11.8. The van der Waals surface area contributed by atoms with Gasteiger partial charge in [-0.25, -0.2) is 0 Å². The topological polar surface area (TPSA) is 32.3 Å². The molecule has 0 fully saturated rings. The lowest BCUT2D eigenvalue weighted by molar-refractivity contribution is -0.121. The van der Waals surface area contributed by atoms with Gasteiger partial charge < -0.3 is 10.2 Å². The fourth-order valence-electron chi connectivity index (χ4n) is 3.48. The third-order valence-corrected chi connectivity index (χ3v) is 5.59. The maximum atomic E-state index is 11.8. The van der Waals surface area contributed by atoms with E-state index in [1.807, 2.05) is 0 Å². The van der Waals surface area contributed by atoms with Gasteiger partial charge in [-0.3, -0.25) is 4.79 Å². The van der Waals surface area contributed by atoms with Gasteiger partial charge in [-0.15, -0.1) is 0 Å². The van der Waals surface area contributed by atoms with E-state index in [0.717, 1.165) is 32.5 Å². The van der Waals surface area contributed by atoms with Crippen LogP contribution in [0.4, 0.5) is 0 Å². The summed E-state index contributed by atoms with van der Waals surface area (Å²) in [6.07, 6.45) is 22.3. The number of rotatable bonds is 21. The highest BCUT2D eigenvalue weighted by atomic mass is 16.1. The highest BCUT2D eigenvalue weighted by molar-refractivity contribution is 5.75. The fourth-order valence-corrected chi connectivity index (χ4v) is 3.48. The molecule has 0 aromatic rings. The largest absolute Gasteiger partial charge is 0.356 e. The van der Waals surface area contributed by atoms with E-state index >= 15 is 0 Å². The van der Waals surface area contributed by atoms with Crippen molar-refractivity contribution >= 4 is 5.91 Å². The third kappa shape index (κ3) is 21.6. The molecule has 162 valence electrons. The van der Waals surface area contributed by atoms with Gasteiger partial charge in [-0.1, -0.05) is 104 Å². The second kappa shape index (κ2) is 21.7. The van der Waals surface area contributed by atoms with Crippen molar-refractivity contribution in [1.82, 2.24) is 10.2 Å². The SMILES string of the molecule is CCCCCCCCCCCCCCCCCC(=O)NCCCN(C)CC. The number of unbranched alkanes of at least 4 members (excludes halogenated alkanes) is 14. The molecule has 0 aromatic heterocycles. The van der Waals surface area contributed by atoms with Crippen molar-refractivity contribution in [3.63, 3.8) is 0 Å². The number of amides is 1. The Hall–Kier alpha value is -0.570. The lowest BCUT2D eigenvalue weighted by Gasteiger charge is -2.13. The molecule has 1 amide bonds. The predicted octanol–water partition coefficient (Wildman–Crippen LogP) is 6.71. The van der Waals surface area contributed by atoms with Crippen molar-refractivity contribution < 1.29 is 4.79 Å². The molecule has 3 nitrogen and oxygen atoms in total. The molecule has 0 heterocycles. The average molecular weight is 383 g/mol. The predicted molar refractivity (Wildman–Crippen MR) is 120 cm³/mol. The molecular weight excluding hydrogens is 332 g/mol. The Bertz CT molecular complexity index is 307. The fraction of sp³-hybridized carbons (Fsp3) is 0.958. The first-order valence-electron chi connectivity index (χ1n) is 12.2. The summed E-state index contributed by atoms with van der Waals surface area (Å²) in [5.41, 5.74) is 0. The molecule has 0 spiro atoms. The van der Waals surface area contributed by atoms with Crippen LogP contribution >= 0.6 is 0 Å². The molecule has 0 saturated carbocycles. The van der Waals surface area contributed by atoms with E-state index in [9.17, 15) is 4.79 Å². The maximum Gasteiger partial charge on any atom is 0.219 e. The van der Waals surface area contributed by atoms with Gasteiger partial charge in [0.1, 0.15) is 0 Å². The van der Waals surface area contributed by atoms with Crippen molar-refractivity contribution in [3.8, 4) is 0 Å². The van der Waals surface area contributed by atoms with E-state index in [1.165, 1.54) is 89.9 Å². The monoisotopic (exact) mass is 382 g/mol. The van der Waals surface area contributed by atoms with Gasteiger partial charge in [0.05, 0.1) is 0 Å². The minimum atomic E-state index is 0.240. The summed E-state index contributed by atoms with van der Waals surface area (Å²) < 4.78 is 0. The lowest BCUT2D eigenvalue weighted by atomic mass is 10.0. The van der Waals surface area contributed by atoms with Crippen molar-refractivity contribution in [2.75, 3.05) is 26.7 Å². The standard InChI is InChI=1S/C24H50N2O/c1-4-6-7-8-9-10-11-12-13-14-15-16-17-18-19-21-24(27)25-22-20-23-26(3)5-2/h4-23H2,1-3H3,(H,25,27). The lowest BCUT2D eigenvalue weighted by Crippen LogP contribution is -2.27. The summed E-state index contributed by atoms with van der Waals surface area (Å²) in [7, 11) is 2.12. The molecule has 0 radical (unpaired) electrons. The molecule has 0 rings (SSSR count). The Labute approximate surface area is 171 Å². The van der Waals surface area contributed by atoms with Gasteiger partial charge in [0, 0.05) is 13.0 Å². The van der Waals surface area contributed by atoms with E-state index < -0.39 is 0 Å². The zero-order valence-corrected chi connectivity index (χ0v) is 19.0. The van der Waals surface area contributed by atoms with Crippen LogP contribution in [0, 0.1) is 0 Å². The summed E-state index contributed by atoms with van der Waals surface area (Å²) in [6.45, 7) is 7.41. The zero-order chi connectivity index (χ0) is 20.0.